The summed E-state index contributed by atoms with van der Waals surface area (Å²) in [6, 6.07) is 12.0. The molecule has 0 amide bonds. The third-order valence-corrected chi connectivity index (χ3v) is 4.19. The first kappa shape index (κ1) is 14.3. The molecule has 1 saturated heterocycles. The van der Waals surface area contributed by atoms with Crippen LogP contribution in [-0.4, -0.2) is 44.9 Å². The van der Waals surface area contributed by atoms with Gasteiger partial charge in [0.2, 0.25) is 0 Å². The zero-order valence-electron chi connectivity index (χ0n) is 12.3. The summed E-state index contributed by atoms with van der Waals surface area (Å²) < 4.78 is 18.8. The Labute approximate surface area is 124 Å². The number of ether oxygens (including phenoxy) is 1. The number of alkyl halides is 1. The van der Waals surface area contributed by atoms with Crippen molar-refractivity contribution in [3.63, 3.8) is 0 Å². The van der Waals surface area contributed by atoms with Crippen LogP contribution in [0.2, 0.25) is 0 Å². The predicted octanol–water partition coefficient (Wildman–Crippen LogP) is 2.76. The van der Waals surface area contributed by atoms with E-state index in [-0.39, 0.29) is 12.7 Å². The highest BCUT2D eigenvalue weighted by Crippen LogP contribution is 2.27. The molecule has 1 aliphatic rings. The molecule has 3 nitrogen and oxygen atoms in total. The number of halogens is 1. The second-order valence-corrected chi connectivity index (χ2v) is 5.43. The fraction of sp³-hybridized carbons (Fsp3) is 0.412. The summed E-state index contributed by atoms with van der Waals surface area (Å²) in [5, 5.41) is 5.56. The van der Waals surface area contributed by atoms with E-state index >= 15 is 0 Å². The van der Waals surface area contributed by atoms with E-state index in [2.05, 4.69) is 22.3 Å². The maximum atomic E-state index is 13.6. The maximum absolute atomic E-state index is 13.6. The number of hydrogen-bond acceptors (Lipinski definition) is 3. The third-order valence-electron chi connectivity index (χ3n) is 4.19. The quantitative estimate of drug-likeness (QED) is 0.936. The fourth-order valence-corrected chi connectivity index (χ4v) is 2.97. The topological polar surface area (TPSA) is 24.5 Å². The van der Waals surface area contributed by atoms with Gasteiger partial charge in [0.15, 0.2) is 0 Å². The van der Waals surface area contributed by atoms with E-state index in [0.717, 1.165) is 48.3 Å². The van der Waals surface area contributed by atoms with Gasteiger partial charge in [-0.05, 0) is 34.5 Å². The van der Waals surface area contributed by atoms with E-state index in [1.54, 1.807) is 7.11 Å². The van der Waals surface area contributed by atoms with Crippen LogP contribution < -0.4 is 10.1 Å². The van der Waals surface area contributed by atoms with Gasteiger partial charge in [-0.25, -0.2) is 4.39 Å². The highest BCUT2D eigenvalue weighted by Gasteiger charge is 2.22. The van der Waals surface area contributed by atoms with Gasteiger partial charge in [0.25, 0.3) is 0 Å². The minimum absolute atomic E-state index is 0.140. The summed E-state index contributed by atoms with van der Waals surface area (Å²) >= 11 is 0. The Morgan fingerprint density at radius 3 is 2.57 bits per heavy atom. The van der Waals surface area contributed by atoms with Crippen LogP contribution in [0.4, 0.5) is 4.39 Å². The Kier molecular flexibility index (Phi) is 4.36. The molecule has 2 aromatic rings. The van der Waals surface area contributed by atoms with Crippen molar-refractivity contribution in [1.82, 2.24) is 10.2 Å². The molecule has 0 aromatic heterocycles. The van der Waals surface area contributed by atoms with Gasteiger partial charge in [0.05, 0.1) is 13.2 Å². The zero-order valence-corrected chi connectivity index (χ0v) is 12.3. The maximum Gasteiger partial charge on any atom is 0.119 e. The first-order valence-electron chi connectivity index (χ1n) is 7.40. The Hall–Kier alpha value is -1.65. The van der Waals surface area contributed by atoms with E-state index in [1.807, 2.05) is 24.3 Å². The van der Waals surface area contributed by atoms with E-state index < -0.39 is 0 Å². The number of nitrogens with one attached hydrogen (secondary N) is 1. The highest BCUT2D eigenvalue weighted by molar-refractivity contribution is 5.84. The van der Waals surface area contributed by atoms with Gasteiger partial charge in [-0.3, -0.25) is 4.90 Å². The normalized spacial score (nSPS) is 17.8. The molecule has 1 heterocycles. The van der Waals surface area contributed by atoms with Gasteiger partial charge in [-0.1, -0.05) is 18.2 Å². The van der Waals surface area contributed by atoms with Gasteiger partial charge >= 0.3 is 0 Å². The van der Waals surface area contributed by atoms with Crippen LogP contribution >= 0.6 is 0 Å². The predicted molar refractivity (Wildman–Crippen MR) is 83.7 cm³/mol. The molecule has 0 spiro atoms. The van der Waals surface area contributed by atoms with Crippen molar-refractivity contribution in [1.29, 1.82) is 0 Å². The first-order valence-corrected chi connectivity index (χ1v) is 7.40. The molecule has 21 heavy (non-hydrogen) atoms. The Bertz CT molecular complexity index is 611. The first-order chi connectivity index (χ1) is 10.3. The summed E-state index contributed by atoms with van der Waals surface area (Å²) in [7, 11) is 1.67. The second-order valence-electron chi connectivity index (χ2n) is 5.43. The third kappa shape index (κ3) is 3.01. The van der Waals surface area contributed by atoms with Crippen molar-refractivity contribution >= 4 is 10.8 Å². The molecule has 0 radical (unpaired) electrons. The van der Waals surface area contributed by atoms with Gasteiger partial charge in [-0.15, -0.1) is 0 Å². The lowest BCUT2D eigenvalue weighted by molar-refractivity contribution is 0.147. The monoisotopic (exact) mass is 288 g/mol. The van der Waals surface area contributed by atoms with E-state index in [4.69, 9.17) is 4.74 Å². The molecular weight excluding hydrogens is 267 g/mol. The van der Waals surface area contributed by atoms with E-state index in [0.29, 0.717) is 0 Å². The van der Waals surface area contributed by atoms with Crippen molar-refractivity contribution in [3.8, 4) is 5.75 Å². The number of methoxy groups -OCH3 is 1. The molecule has 1 aliphatic heterocycles. The lowest BCUT2D eigenvalue weighted by Crippen LogP contribution is -2.45. The Morgan fingerprint density at radius 2 is 1.86 bits per heavy atom. The molecule has 0 aliphatic carbocycles. The van der Waals surface area contributed by atoms with Crippen LogP contribution in [0.1, 0.15) is 11.6 Å². The summed E-state index contributed by atoms with van der Waals surface area (Å²) in [4.78, 5) is 2.22. The van der Waals surface area contributed by atoms with Gasteiger partial charge < -0.3 is 10.1 Å². The molecular formula is C17H21FN2O. The lowest BCUT2D eigenvalue weighted by Gasteiger charge is -2.33. The van der Waals surface area contributed by atoms with Gasteiger partial charge in [-0.2, -0.15) is 0 Å². The number of piperazine rings is 1. The molecule has 1 N–H and O–H groups in total. The smallest absolute Gasteiger partial charge is 0.119 e. The van der Waals surface area contributed by atoms with Crippen molar-refractivity contribution in [3.05, 3.63) is 42.0 Å². The van der Waals surface area contributed by atoms with Crippen molar-refractivity contribution in [2.45, 2.75) is 6.04 Å². The van der Waals surface area contributed by atoms with Crippen LogP contribution in [0.3, 0.4) is 0 Å². The van der Waals surface area contributed by atoms with Gasteiger partial charge in [0.1, 0.15) is 12.4 Å². The van der Waals surface area contributed by atoms with Crippen molar-refractivity contribution in [2.24, 2.45) is 0 Å². The Morgan fingerprint density at radius 1 is 1.14 bits per heavy atom. The largest absolute Gasteiger partial charge is 0.497 e. The molecule has 0 saturated carbocycles. The number of benzene rings is 2. The summed E-state index contributed by atoms with van der Waals surface area (Å²) in [6.45, 7) is 3.31. The summed E-state index contributed by atoms with van der Waals surface area (Å²) in [5.41, 5.74) is 1.05. The zero-order chi connectivity index (χ0) is 14.7. The van der Waals surface area contributed by atoms with E-state index in [9.17, 15) is 4.39 Å². The van der Waals surface area contributed by atoms with Crippen LogP contribution in [0, 0.1) is 0 Å². The molecule has 0 unspecified atom stereocenters. The van der Waals surface area contributed by atoms with Gasteiger partial charge in [0, 0.05) is 26.2 Å². The van der Waals surface area contributed by atoms with E-state index in [1.165, 1.54) is 0 Å². The van der Waals surface area contributed by atoms with Crippen LogP contribution in [0.25, 0.3) is 10.8 Å². The Balaban J connectivity index is 1.91. The number of hydrogen-bond donors (Lipinski definition) is 1. The standard InChI is InChI=1S/C17H21FN2O/c1-21-16-5-4-13-10-15(3-2-14(13)11-16)17(12-18)20-8-6-19-7-9-20/h2-5,10-11,17,19H,6-9,12H2,1H3/t17-/m1/s1. The molecule has 3 rings (SSSR count). The SMILES string of the molecule is COc1ccc2cc([C@@H](CF)N3CCNCC3)ccc2c1. The minimum Gasteiger partial charge on any atom is -0.497 e. The molecule has 112 valence electrons. The average molecular weight is 288 g/mol. The van der Waals surface area contributed by atoms with Crippen LogP contribution in [0.5, 0.6) is 5.75 Å². The highest BCUT2D eigenvalue weighted by atomic mass is 19.1. The second kappa shape index (κ2) is 6.41. The molecule has 2 aromatic carbocycles. The molecule has 1 fully saturated rings. The minimum atomic E-state index is -0.346. The molecule has 1 atom stereocenters. The fourth-order valence-electron chi connectivity index (χ4n) is 2.97. The van der Waals surface area contributed by atoms with Crippen LogP contribution in [-0.2, 0) is 0 Å². The van der Waals surface area contributed by atoms with Crippen LogP contribution in [0.15, 0.2) is 36.4 Å². The molecule has 0 bridgehead atoms. The average Bonchev–Trinajstić information content (AvgIpc) is 2.56. The van der Waals surface area contributed by atoms with Crippen molar-refractivity contribution < 1.29 is 9.13 Å². The lowest BCUT2D eigenvalue weighted by atomic mass is 10.0. The van der Waals surface area contributed by atoms with Crippen molar-refractivity contribution in [2.75, 3.05) is 40.0 Å². The number of rotatable bonds is 4. The molecule has 4 heteroatoms. The summed E-state index contributed by atoms with van der Waals surface area (Å²) in [6.07, 6.45) is 0. The summed E-state index contributed by atoms with van der Waals surface area (Å²) in [5.74, 6) is 0.847. The number of fused-ring (bicyclic) bond motifs is 1. The number of nitrogens with zero attached hydrogens (tertiary/aromatic N) is 1.